The van der Waals surface area contributed by atoms with Crippen molar-refractivity contribution in [3.8, 4) is 22.8 Å². The Balaban J connectivity index is 2.11. The molecule has 6 nitrogen and oxygen atoms in total. The normalized spacial score (nSPS) is 13.2. The number of nitrogens with zero attached hydrogens (tertiary/aromatic N) is 1. The largest absolute Gasteiger partial charge is 0.486 e. The highest BCUT2D eigenvalue weighted by atomic mass is 16.6. The van der Waals surface area contributed by atoms with Crippen LogP contribution in [0.3, 0.4) is 0 Å². The molecule has 3 N–H and O–H groups in total. The molecule has 0 radical (unpaired) electrons. The number of aromatic nitrogens is 1. The number of nitrogens with two attached hydrogens (primary N) is 1. The van der Waals surface area contributed by atoms with Crippen molar-refractivity contribution in [2.24, 2.45) is 5.73 Å². The van der Waals surface area contributed by atoms with Gasteiger partial charge in [0.05, 0.1) is 12.3 Å². The van der Waals surface area contributed by atoms with Crippen LogP contribution in [0.4, 0.5) is 0 Å². The van der Waals surface area contributed by atoms with Gasteiger partial charge < -0.3 is 24.9 Å². The van der Waals surface area contributed by atoms with Gasteiger partial charge in [0, 0.05) is 24.2 Å². The van der Waals surface area contributed by atoms with Gasteiger partial charge >= 0.3 is 0 Å². The van der Waals surface area contributed by atoms with E-state index in [9.17, 15) is 9.90 Å². The van der Waals surface area contributed by atoms with Crippen molar-refractivity contribution < 1.29 is 14.6 Å². The number of hydrogen-bond donors (Lipinski definition) is 2. The van der Waals surface area contributed by atoms with Crippen molar-refractivity contribution in [3.63, 3.8) is 0 Å². The molecule has 1 aromatic carbocycles. The van der Waals surface area contributed by atoms with Gasteiger partial charge in [0.15, 0.2) is 11.5 Å². The van der Waals surface area contributed by atoms with Crippen LogP contribution >= 0.6 is 0 Å². The SMILES string of the molecule is NCc1ccc(-c2ccc3c(c2)OCCO3)n(CCO)c1=O. The fourth-order valence-electron chi connectivity index (χ4n) is 2.56. The van der Waals surface area contributed by atoms with E-state index in [1.807, 2.05) is 24.3 Å². The van der Waals surface area contributed by atoms with Gasteiger partial charge in [-0.3, -0.25) is 4.79 Å². The van der Waals surface area contributed by atoms with Gasteiger partial charge in [-0.25, -0.2) is 0 Å². The lowest BCUT2D eigenvalue weighted by atomic mass is 10.1. The van der Waals surface area contributed by atoms with Gasteiger partial charge in [0.2, 0.25) is 0 Å². The summed E-state index contributed by atoms with van der Waals surface area (Å²) in [5.41, 5.74) is 7.48. The van der Waals surface area contributed by atoms with E-state index < -0.39 is 0 Å². The molecular formula is C16H18N2O4. The summed E-state index contributed by atoms with van der Waals surface area (Å²) in [5.74, 6) is 1.36. The van der Waals surface area contributed by atoms with E-state index in [-0.39, 0.29) is 25.3 Å². The lowest BCUT2D eigenvalue weighted by Gasteiger charge is -2.20. The first-order chi connectivity index (χ1) is 10.7. The summed E-state index contributed by atoms with van der Waals surface area (Å²) in [6.45, 7) is 1.31. The van der Waals surface area contributed by atoms with Crippen LogP contribution in [0, 0.1) is 0 Å². The molecule has 0 bridgehead atoms. The van der Waals surface area contributed by atoms with Crippen molar-refractivity contribution in [3.05, 3.63) is 46.2 Å². The molecule has 0 saturated carbocycles. The van der Waals surface area contributed by atoms with Crippen LogP contribution in [-0.2, 0) is 13.1 Å². The summed E-state index contributed by atoms with van der Waals surface area (Å²) in [6.07, 6.45) is 0. The Kier molecular flexibility index (Phi) is 4.13. The van der Waals surface area contributed by atoms with Gasteiger partial charge in [-0.05, 0) is 24.3 Å². The van der Waals surface area contributed by atoms with Crippen LogP contribution in [0.5, 0.6) is 11.5 Å². The molecule has 0 saturated heterocycles. The highest BCUT2D eigenvalue weighted by Crippen LogP contribution is 2.34. The van der Waals surface area contributed by atoms with E-state index >= 15 is 0 Å². The zero-order valence-corrected chi connectivity index (χ0v) is 12.1. The van der Waals surface area contributed by atoms with Crippen LogP contribution in [0.1, 0.15) is 5.56 Å². The van der Waals surface area contributed by atoms with Crippen molar-refractivity contribution in [2.45, 2.75) is 13.1 Å². The minimum atomic E-state index is -0.177. The number of aliphatic hydroxyl groups is 1. The quantitative estimate of drug-likeness (QED) is 0.870. The molecule has 1 aliphatic rings. The fourth-order valence-corrected chi connectivity index (χ4v) is 2.56. The van der Waals surface area contributed by atoms with Crippen molar-refractivity contribution in [1.29, 1.82) is 0 Å². The van der Waals surface area contributed by atoms with E-state index in [1.165, 1.54) is 4.57 Å². The third kappa shape index (κ3) is 2.58. The van der Waals surface area contributed by atoms with E-state index in [4.69, 9.17) is 15.2 Å². The monoisotopic (exact) mass is 302 g/mol. The molecule has 2 heterocycles. The first-order valence-electron chi connectivity index (χ1n) is 7.18. The second-order valence-electron chi connectivity index (χ2n) is 4.99. The maximum Gasteiger partial charge on any atom is 0.255 e. The second kappa shape index (κ2) is 6.21. The molecular weight excluding hydrogens is 284 g/mol. The lowest BCUT2D eigenvalue weighted by molar-refractivity contribution is 0.171. The van der Waals surface area contributed by atoms with Crippen molar-refractivity contribution in [1.82, 2.24) is 4.57 Å². The number of hydrogen-bond acceptors (Lipinski definition) is 5. The fraction of sp³-hybridized carbons (Fsp3) is 0.312. The minimum absolute atomic E-state index is 0.120. The van der Waals surface area contributed by atoms with Gasteiger partial charge in [-0.2, -0.15) is 0 Å². The van der Waals surface area contributed by atoms with Crippen LogP contribution in [-0.4, -0.2) is 29.5 Å². The molecule has 1 aromatic heterocycles. The lowest BCUT2D eigenvalue weighted by Crippen LogP contribution is -2.27. The minimum Gasteiger partial charge on any atom is -0.486 e. The molecule has 0 aliphatic carbocycles. The highest BCUT2D eigenvalue weighted by Gasteiger charge is 2.15. The van der Waals surface area contributed by atoms with E-state index in [1.54, 1.807) is 6.07 Å². The molecule has 0 fully saturated rings. The smallest absolute Gasteiger partial charge is 0.255 e. The predicted octanol–water partition coefficient (Wildman–Crippen LogP) is 0.737. The van der Waals surface area contributed by atoms with Gasteiger partial charge in [-0.15, -0.1) is 0 Å². The predicted molar refractivity (Wildman–Crippen MR) is 82.1 cm³/mol. The maximum atomic E-state index is 12.4. The zero-order chi connectivity index (χ0) is 15.5. The molecule has 6 heteroatoms. The summed E-state index contributed by atoms with van der Waals surface area (Å²) >= 11 is 0. The number of fused-ring (bicyclic) bond motifs is 1. The first kappa shape index (κ1) is 14.6. The molecule has 0 atom stereocenters. The van der Waals surface area contributed by atoms with E-state index in [0.717, 1.165) is 5.56 Å². The topological polar surface area (TPSA) is 86.7 Å². The van der Waals surface area contributed by atoms with Crippen molar-refractivity contribution >= 4 is 0 Å². The van der Waals surface area contributed by atoms with Crippen molar-refractivity contribution in [2.75, 3.05) is 19.8 Å². The number of pyridine rings is 1. The molecule has 116 valence electrons. The number of ether oxygens (including phenoxy) is 2. The summed E-state index contributed by atoms with van der Waals surface area (Å²) in [5, 5.41) is 9.24. The summed E-state index contributed by atoms with van der Waals surface area (Å²) in [7, 11) is 0. The summed E-state index contributed by atoms with van der Waals surface area (Å²) in [6, 6.07) is 9.11. The molecule has 0 spiro atoms. The summed E-state index contributed by atoms with van der Waals surface area (Å²) in [4.78, 5) is 12.4. The van der Waals surface area contributed by atoms with Gasteiger partial charge in [0.25, 0.3) is 5.56 Å². The van der Waals surface area contributed by atoms with Crippen LogP contribution < -0.4 is 20.8 Å². The van der Waals surface area contributed by atoms with Gasteiger partial charge in [-0.1, -0.05) is 6.07 Å². The Labute approximate surface area is 127 Å². The van der Waals surface area contributed by atoms with Crippen LogP contribution in [0.15, 0.2) is 35.1 Å². The highest BCUT2D eigenvalue weighted by molar-refractivity contribution is 5.65. The van der Waals surface area contributed by atoms with E-state index in [2.05, 4.69) is 0 Å². The van der Waals surface area contributed by atoms with Crippen LogP contribution in [0.25, 0.3) is 11.3 Å². The molecule has 0 amide bonds. The van der Waals surface area contributed by atoms with Gasteiger partial charge in [0.1, 0.15) is 13.2 Å². The molecule has 1 aliphatic heterocycles. The standard InChI is InChI=1S/C16H18N2O4/c17-10-12-1-3-13(18(5-6-19)16(12)20)11-2-4-14-15(9-11)22-8-7-21-14/h1-4,9,19H,5-8,10,17H2. The average Bonchev–Trinajstić information content (AvgIpc) is 2.56. The molecule has 3 rings (SSSR count). The number of benzene rings is 1. The number of aliphatic hydroxyl groups excluding tert-OH is 1. The molecule has 22 heavy (non-hydrogen) atoms. The second-order valence-corrected chi connectivity index (χ2v) is 4.99. The maximum absolute atomic E-state index is 12.4. The Morgan fingerprint density at radius 1 is 1.14 bits per heavy atom. The average molecular weight is 302 g/mol. The Hall–Kier alpha value is -2.31. The number of rotatable bonds is 4. The summed E-state index contributed by atoms with van der Waals surface area (Å²) < 4.78 is 12.6. The molecule has 2 aromatic rings. The zero-order valence-electron chi connectivity index (χ0n) is 12.1. The first-order valence-corrected chi connectivity index (χ1v) is 7.18. The molecule has 0 unspecified atom stereocenters. The third-order valence-electron chi connectivity index (χ3n) is 3.63. The Morgan fingerprint density at radius 2 is 1.91 bits per heavy atom. The third-order valence-corrected chi connectivity index (χ3v) is 3.63. The Morgan fingerprint density at radius 3 is 2.64 bits per heavy atom. The van der Waals surface area contributed by atoms with E-state index in [0.29, 0.717) is 36.0 Å². The Bertz CT molecular complexity index is 739. The van der Waals surface area contributed by atoms with Crippen LogP contribution in [0.2, 0.25) is 0 Å².